The highest BCUT2D eigenvalue weighted by molar-refractivity contribution is 6.06. The number of carbonyl (C=O) groups is 1. The number of aromatic nitrogens is 1. The topological polar surface area (TPSA) is 67.6 Å². The fourth-order valence-electron chi connectivity index (χ4n) is 2.84. The van der Waals surface area contributed by atoms with Crippen LogP contribution in [-0.2, 0) is 6.61 Å². The number of amides is 1. The lowest BCUT2D eigenvalue weighted by Crippen LogP contribution is -2.17. The molecule has 1 amide bonds. The quantitative estimate of drug-likeness (QED) is 0.651. The van der Waals surface area contributed by atoms with Crippen molar-refractivity contribution in [3.8, 4) is 5.75 Å². The van der Waals surface area contributed by atoms with Crippen LogP contribution in [0.4, 0.5) is 11.4 Å². The minimum absolute atomic E-state index is 0.217. The highest BCUT2D eigenvalue weighted by Crippen LogP contribution is 2.24. The van der Waals surface area contributed by atoms with Gasteiger partial charge in [-0.15, -0.1) is 0 Å². The van der Waals surface area contributed by atoms with Crippen LogP contribution in [0, 0.1) is 13.8 Å². The zero-order valence-electron chi connectivity index (χ0n) is 16.7. The number of hydrogen-bond donors (Lipinski definition) is 1. The molecule has 3 rings (SSSR count). The van der Waals surface area contributed by atoms with Crippen molar-refractivity contribution in [2.75, 3.05) is 23.8 Å². The van der Waals surface area contributed by atoms with Crippen molar-refractivity contribution in [2.45, 2.75) is 27.4 Å². The molecule has 0 fully saturated rings. The maximum absolute atomic E-state index is 12.8. The Hall–Kier alpha value is -3.28. The minimum atomic E-state index is -0.217. The zero-order chi connectivity index (χ0) is 20.1. The van der Waals surface area contributed by atoms with Crippen LogP contribution < -0.4 is 15.0 Å². The second-order valence-corrected chi connectivity index (χ2v) is 6.61. The number of rotatable bonds is 7. The first-order chi connectivity index (χ1) is 13.5. The van der Waals surface area contributed by atoms with E-state index < -0.39 is 0 Å². The van der Waals surface area contributed by atoms with Crippen LogP contribution in [0.15, 0.2) is 53.1 Å². The third-order valence-electron chi connectivity index (χ3n) is 4.70. The molecule has 0 saturated heterocycles. The summed E-state index contributed by atoms with van der Waals surface area (Å²) in [5, 5.41) is 6.89. The van der Waals surface area contributed by atoms with Gasteiger partial charge in [0.1, 0.15) is 18.1 Å². The molecule has 1 heterocycles. The molecule has 0 saturated carbocycles. The number of anilines is 2. The number of nitrogens with zero attached hydrogens (tertiary/aromatic N) is 2. The summed E-state index contributed by atoms with van der Waals surface area (Å²) in [6.45, 7) is 6.97. The maximum atomic E-state index is 12.8. The number of hydrogen-bond acceptors (Lipinski definition) is 5. The summed E-state index contributed by atoms with van der Waals surface area (Å²) in [7, 11) is 2.01. The minimum Gasteiger partial charge on any atom is -0.488 e. The number of carbonyl (C=O) groups excluding carboxylic acids is 1. The highest BCUT2D eigenvalue weighted by Gasteiger charge is 2.15. The van der Waals surface area contributed by atoms with Gasteiger partial charge in [0.2, 0.25) is 0 Å². The number of nitrogens with one attached hydrogen (secondary N) is 1. The molecular formula is C22H25N3O3. The van der Waals surface area contributed by atoms with Crippen molar-refractivity contribution in [1.29, 1.82) is 0 Å². The van der Waals surface area contributed by atoms with Gasteiger partial charge in [-0.3, -0.25) is 4.79 Å². The Morgan fingerprint density at radius 2 is 1.96 bits per heavy atom. The SMILES string of the molecule is CCN(C)c1cccc(NC(=O)c2ccccc2OCc2c(C)noc2C)c1. The summed E-state index contributed by atoms with van der Waals surface area (Å²) in [5.74, 6) is 1.02. The van der Waals surface area contributed by atoms with Crippen molar-refractivity contribution in [2.24, 2.45) is 0 Å². The van der Waals surface area contributed by atoms with E-state index in [1.54, 1.807) is 12.1 Å². The maximum Gasteiger partial charge on any atom is 0.259 e. The van der Waals surface area contributed by atoms with Crippen molar-refractivity contribution in [3.05, 3.63) is 71.1 Å². The summed E-state index contributed by atoms with van der Waals surface area (Å²) in [6, 6.07) is 15.0. The molecule has 146 valence electrons. The van der Waals surface area contributed by atoms with E-state index in [9.17, 15) is 4.79 Å². The van der Waals surface area contributed by atoms with Crippen molar-refractivity contribution < 1.29 is 14.1 Å². The summed E-state index contributed by atoms with van der Waals surface area (Å²) >= 11 is 0. The van der Waals surface area contributed by atoms with E-state index in [-0.39, 0.29) is 5.91 Å². The fraction of sp³-hybridized carbons (Fsp3) is 0.273. The Labute approximate surface area is 165 Å². The molecule has 0 aliphatic carbocycles. The predicted octanol–water partition coefficient (Wildman–Crippen LogP) is 4.58. The average molecular weight is 379 g/mol. The molecule has 1 aromatic heterocycles. The molecule has 6 heteroatoms. The van der Waals surface area contributed by atoms with Crippen molar-refractivity contribution in [1.82, 2.24) is 5.16 Å². The summed E-state index contributed by atoms with van der Waals surface area (Å²) in [6.07, 6.45) is 0. The lowest BCUT2D eigenvalue weighted by atomic mass is 10.1. The molecule has 0 radical (unpaired) electrons. The van der Waals surface area contributed by atoms with Crippen LogP contribution in [0.5, 0.6) is 5.75 Å². The first kappa shape index (κ1) is 19.5. The van der Waals surface area contributed by atoms with Gasteiger partial charge < -0.3 is 19.5 Å². The molecule has 0 aliphatic heterocycles. The van der Waals surface area contributed by atoms with Gasteiger partial charge in [0, 0.05) is 25.0 Å². The smallest absolute Gasteiger partial charge is 0.259 e. The predicted molar refractivity (Wildman–Crippen MR) is 110 cm³/mol. The molecule has 2 aromatic carbocycles. The molecule has 6 nitrogen and oxygen atoms in total. The zero-order valence-corrected chi connectivity index (χ0v) is 16.7. The lowest BCUT2D eigenvalue weighted by Gasteiger charge is -2.18. The Morgan fingerprint density at radius 1 is 1.18 bits per heavy atom. The van der Waals surface area contributed by atoms with E-state index in [4.69, 9.17) is 9.26 Å². The van der Waals surface area contributed by atoms with Crippen LogP contribution in [-0.4, -0.2) is 24.7 Å². The third-order valence-corrected chi connectivity index (χ3v) is 4.70. The van der Waals surface area contributed by atoms with Gasteiger partial charge in [0.05, 0.1) is 16.8 Å². The Balaban J connectivity index is 1.76. The normalized spacial score (nSPS) is 10.6. The number of ether oxygens (including phenoxy) is 1. The molecule has 0 aliphatic rings. The second kappa shape index (κ2) is 8.61. The van der Waals surface area contributed by atoms with Crippen molar-refractivity contribution >= 4 is 17.3 Å². The van der Waals surface area contributed by atoms with Gasteiger partial charge in [0.25, 0.3) is 5.91 Å². The number of para-hydroxylation sites is 1. The first-order valence-electron chi connectivity index (χ1n) is 9.25. The Kier molecular flexibility index (Phi) is 5.99. The van der Waals surface area contributed by atoms with Gasteiger partial charge in [-0.25, -0.2) is 0 Å². The molecule has 0 spiro atoms. The summed E-state index contributed by atoms with van der Waals surface area (Å²) in [5.41, 5.74) is 3.94. The largest absolute Gasteiger partial charge is 0.488 e. The van der Waals surface area contributed by atoms with Gasteiger partial charge in [0.15, 0.2) is 0 Å². The van der Waals surface area contributed by atoms with E-state index in [1.165, 1.54) is 0 Å². The van der Waals surface area contributed by atoms with Crippen LogP contribution >= 0.6 is 0 Å². The van der Waals surface area contributed by atoms with E-state index in [0.29, 0.717) is 17.9 Å². The monoisotopic (exact) mass is 379 g/mol. The van der Waals surface area contributed by atoms with Crippen LogP contribution in [0.25, 0.3) is 0 Å². The van der Waals surface area contributed by atoms with Gasteiger partial charge in [-0.05, 0) is 51.1 Å². The lowest BCUT2D eigenvalue weighted by molar-refractivity contribution is 0.102. The van der Waals surface area contributed by atoms with Gasteiger partial charge >= 0.3 is 0 Å². The Morgan fingerprint density at radius 3 is 2.68 bits per heavy atom. The molecular weight excluding hydrogens is 354 g/mol. The molecule has 3 aromatic rings. The standard InChI is InChI=1S/C22H25N3O3/c1-5-25(4)18-10-8-9-17(13-18)23-22(26)19-11-6-7-12-21(19)27-14-20-15(2)24-28-16(20)3/h6-13H,5,14H2,1-4H3,(H,23,26). The van der Waals surface area contributed by atoms with E-state index in [1.807, 2.05) is 57.3 Å². The van der Waals surface area contributed by atoms with Crippen LogP contribution in [0.2, 0.25) is 0 Å². The van der Waals surface area contributed by atoms with Gasteiger partial charge in [-0.2, -0.15) is 0 Å². The highest BCUT2D eigenvalue weighted by atomic mass is 16.5. The fourth-order valence-corrected chi connectivity index (χ4v) is 2.84. The molecule has 1 N–H and O–H groups in total. The molecule has 0 unspecified atom stereocenters. The van der Waals surface area contributed by atoms with Crippen LogP contribution in [0.1, 0.15) is 34.3 Å². The Bertz CT molecular complexity index is 946. The van der Waals surface area contributed by atoms with E-state index in [0.717, 1.165) is 34.9 Å². The van der Waals surface area contributed by atoms with Crippen molar-refractivity contribution in [3.63, 3.8) is 0 Å². The van der Waals surface area contributed by atoms with E-state index in [2.05, 4.69) is 22.3 Å². The second-order valence-electron chi connectivity index (χ2n) is 6.61. The average Bonchev–Trinajstić information content (AvgIpc) is 3.03. The third kappa shape index (κ3) is 4.34. The number of benzene rings is 2. The number of aryl methyl sites for hydroxylation is 2. The summed E-state index contributed by atoms with van der Waals surface area (Å²) < 4.78 is 11.1. The summed E-state index contributed by atoms with van der Waals surface area (Å²) in [4.78, 5) is 15.0. The first-order valence-corrected chi connectivity index (χ1v) is 9.25. The molecule has 28 heavy (non-hydrogen) atoms. The van der Waals surface area contributed by atoms with Gasteiger partial charge in [-0.1, -0.05) is 23.4 Å². The molecule has 0 bridgehead atoms. The molecule has 0 atom stereocenters. The van der Waals surface area contributed by atoms with E-state index >= 15 is 0 Å². The van der Waals surface area contributed by atoms with Crippen LogP contribution in [0.3, 0.4) is 0 Å².